The number of carbonyl (C=O) groups excluding carboxylic acids is 2. The number of para-hydroxylation sites is 1. The lowest BCUT2D eigenvalue weighted by atomic mass is 9.75. The maximum atomic E-state index is 14.1. The van der Waals surface area contributed by atoms with Crippen LogP contribution in [0.3, 0.4) is 0 Å². The monoisotopic (exact) mass is 529 g/mol. The van der Waals surface area contributed by atoms with Crippen molar-refractivity contribution in [2.75, 3.05) is 29.4 Å². The van der Waals surface area contributed by atoms with Crippen molar-refractivity contribution in [1.82, 2.24) is 4.90 Å². The number of halogens is 3. The number of carboxylic acids is 1. The molecule has 202 valence electrons. The van der Waals surface area contributed by atoms with Gasteiger partial charge in [0.1, 0.15) is 5.82 Å². The van der Waals surface area contributed by atoms with Gasteiger partial charge in [0, 0.05) is 50.6 Å². The highest BCUT2D eigenvalue weighted by atomic mass is 19.3. The topological polar surface area (TPSA) is 81.2 Å². The van der Waals surface area contributed by atoms with Crippen LogP contribution in [0.4, 0.5) is 29.3 Å². The van der Waals surface area contributed by atoms with Gasteiger partial charge < -0.3 is 14.9 Å². The van der Waals surface area contributed by atoms with Gasteiger partial charge in [0.2, 0.25) is 11.8 Å². The van der Waals surface area contributed by atoms with E-state index in [1.807, 2.05) is 0 Å². The SMILES string of the molecule is O=C(N1CCC(CC(=O)N(c2ccccc2)C2CCC(F)(F)C2)(C(=O)O)CC1)N1CCc2ccc(F)cc21. The minimum atomic E-state index is -2.87. The van der Waals surface area contributed by atoms with Gasteiger partial charge in [-0.2, -0.15) is 0 Å². The third-order valence-corrected chi connectivity index (χ3v) is 8.15. The molecule has 1 N–H and O–H groups in total. The number of carboxylic acid groups (broad SMARTS) is 1. The number of piperidine rings is 1. The first kappa shape index (κ1) is 26.1. The number of benzene rings is 2. The second-order valence-corrected chi connectivity index (χ2v) is 10.6. The molecule has 10 heteroatoms. The van der Waals surface area contributed by atoms with Crippen LogP contribution in [-0.2, 0) is 16.0 Å². The fourth-order valence-electron chi connectivity index (χ4n) is 5.98. The summed E-state index contributed by atoms with van der Waals surface area (Å²) in [5, 5.41) is 10.2. The molecule has 2 fully saturated rings. The smallest absolute Gasteiger partial charge is 0.324 e. The average molecular weight is 530 g/mol. The summed E-state index contributed by atoms with van der Waals surface area (Å²) in [6.07, 6.45) is -0.293. The molecule has 2 aromatic carbocycles. The van der Waals surface area contributed by atoms with Gasteiger partial charge in [-0.25, -0.2) is 18.0 Å². The van der Waals surface area contributed by atoms with Crippen molar-refractivity contribution < 1.29 is 32.7 Å². The van der Waals surface area contributed by atoms with E-state index in [2.05, 4.69) is 0 Å². The van der Waals surface area contributed by atoms with Crippen LogP contribution in [0.1, 0.15) is 44.1 Å². The summed E-state index contributed by atoms with van der Waals surface area (Å²) < 4.78 is 41.9. The van der Waals surface area contributed by atoms with Crippen molar-refractivity contribution >= 4 is 29.3 Å². The molecule has 5 rings (SSSR count). The summed E-state index contributed by atoms with van der Waals surface area (Å²) in [5.74, 6) is -4.96. The summed E-state index contributed by atoms with van der Waals surface area (Å²) in [4.78, 5) is 43.7. The Morgan fingerprint density at radius 2 is 1.71 bits per heavy atom. The first-order chi connectivity index (χ1) is 18.1. The maximum absolute atomic E-state index is 14.1. The standard InChI is InChI=1S/C28H30F3N3O4/c29-20-7-6-19-9-13-33(23(19)16-20)26(38)32-14-11-27(12-15-32,25(36)37)18-24(35)34(21-4-2-1-3-5-21)22-8-10-28(30,31)17-22/h1-7,16,22H,8-15,17-18H2,(H,36,37). The Morgan fingerprint density at radius 3 is 2.34 bits per heavy atom. The fraction of sp³-hybridized carbons (Fsp3) is 0.464. The molecule has 38 heavy (non-hydrogen) atoms. The number of hydrogen-bond acceptors (Lipinski definition) is 3. The van der Waals surface area contributed by atoms with E-state index in [1.54, 1.807) is 36.4 Å². The first-order valence-electron chi connectivity index (χ1n) is 12.9. The summed E-state index contributed by atoms with van der Waals surface area (Å²) in [6, 6.07) is 11.8. The molecule has 1 atom stereocenters. The van der Waals surface area contributed by atoms with Crippen molar-refractivity contribution in [2.24, 2.45) is 5.41 Å². The number of fused-ring (bicyclic) bond motifs is 1. The zero-order valence-electron chi connectivity index (χ0n) is 20.9. The fourth-order valence-corrected chi connectivity index (χ4v) is 5.98. The van der Waals surface area contributed by atoms with Crippen LogP contribution >= 0.6 is 0 Å². The minimum absolute atomic E-state index is 0.0487. The van der Waals surface area contributed by atoms with Gasteiger partial charge in [-0.1, -0.05) is 24.3 Å². The molecule has 1 saturated heterocycles. The zero-order chi connectivity index (χ0) is 27.1. The van der Waals surface area contributed by atoms with E-state index in [-0.39, 0.29) is 51.2 Å². The number of rotatable bonds is 5. The van der Waals surface area contributed by atoms with Gasteiger partial charge in [0.25, 0.3) is 0 Å². The van der Waals surface area contributed by atoms with Crippen LogP contribution in [-0.4, -0.2) is 59.5 Å². The van der Waals surface area contributed by atoms with E-state index in [1.165, 1.54) is 26.8 Å². The van der Waals surface area contributed by atoms with Crippen LogP contribution in [0.25, 0.3) is 0 Å². The molecule has 2 aromatic rings. The number of likely N-dealkylation sites (tertiary alicyclic amines) is 1. The normalized spacial score (nSPS) is 21.7. The number of anilines is 2. The van der Waals surface area contributed by atoms with Crippen molar-refractivity contribution in [3.8, 4) is 0 Å². The molecular formula is C28H30F3N3O4. The maximum Gasteiger partial charge on any atom is 0.324 e. The minimum Gasteiger partial charge on any atom is -0.481 e. The predicted octanol–water partition coefficient (Wildman–Crippen LogP) is 5.09. The van der Waals surface area contributed by atoms with E-state index >= 15 is 0 Å². The predicted molar refractivity (Wildman–Crippen MR) is 135 cm³/mol. The number of aliphatic carboxylic acids is 1. The van der Waals surface area contributed by atoms with Crippen LogP contribution in [0.5, 0.6) is 0 Å². The van der Waals surface area contributed by atoms with Gasteiger partial charge in [0.05, 0.1) is 11.1 Å². The van der Waals surface area contributed by atoms with E-state index < -0.39 is 41.5 Å². The Kier molecular flexibility index (Phi) is 6.83. The van der Waals surface area contributed by atoms with Crippen LogP contribution in [0, 0.1) is 11.2 Å². The van der Waals surface area contributed by atoms with Gasteiger partial charge in [-0.15, -0.1) is 0 Å². The second kappa shape index (κ2) is 9.96. The van der Waals surface area contributed by atoms with Crippen molar-refractivity contribution in [1.29, 1.82) is 0 Å². The van der Waals surface area contributed by atoms with Crippen LogP contribution < -0.4 is 9.80 Å². The number of carbonyl (C=O) groups is 3. The van der Waals surface area contributed by atoms with E-state index in [4.69, 9.17) is 0 Å². The van der Waals surface area contributed by atoms with Gasteiger partial charge in [-0.3, -0.25) is 14.5 Å². The van der Waals surface area contributed by atoms with Gasteiger partial charge >= 0.3 is 12.0 Å². The molecule has 3 aliphatic rings. The van der Waals surface area contributed by atoms with Gasteiger partial charge in [-0.05, 0) is 55.5 Å². The van der Waals surface area contributed by atoms with Crippen LogP contribution in [0.2, 0.25) is 0 Å². The van der Waals surface area contributed by atoms with Crippen molar-refractivity contribution in [3.05, 3.63) is 59.9 Å². The highest BCUT2D eigenvalue weighted by molar-refractivity contribution is 5.97. The lowest BCUT2D eigenvalue weighted by Gasteiger charge is -2.41. The Morgan fingerprint density at radius 1 is 1.00 bits per heavy atom. The molecule has 2 aliphatic heterocycles. The lowest BCUT2D eigenvalue weighted by Crippen LogP contribution is -2.52. The molecule has 0 bridgehead atoms. The quantitative estimate of drug-likeness (QED) is 0.586. The van der Waals surface area contributed by atoms with Crippen LogP contribution in [0.15, 0.2) is 48.5 Å². The highest BCUT2D eigenvalue weighted by Crippen LogP contribution is 2.42. The number of amides is 3. The molecule has 3 amide bonds. The zero-order valence-corrected chi connectivity index (χ0v) is 20.9. The van der Waals surface area contributed by atoms with Crippen molar-refractivity contribution in [3.63, 3.8) is 0 Å². The van der Waals surface area contributed by atoms with E-state index in [0.29, 0.717) is 24.3 Å². The Bertz CT molecular complexity index is 1230. The molecule has 0 spiro atoms. The summed E-state index contributed by atoms with van der Waals surface area (Å²) in [7, 11) is 0. The third-order valence-electron chi connectivity index (χ3n) is 8.15. The van der Waals surface area contributed by atoms with E-state index in [9.17, 15) is 32.7 Å². The molecule has 0 aromatic heterocycles. The second-order valence-electron chi connectivity index (χ2n) is 10.6. The lowest BCUT2D eigenvalue weighted by molar-refractivity contribution is -0.154. The highest BCUT2D eigenvalue weighted by Gasteiger charge is 2.48. The summed E-state index contributed by atoms with van der Waals surface area (Å²) in [6.45, 7) is 0.646. The molecular weight excluding hydrogens is 499 g/mol. The summed E-state index contributed by atoms with van der Waals surface area (Å²) in [5.41, 5.74) is 0.443. The molecule has 1 aliphatic carbocycles. The Labute approximate surface area is 218 Å². The number of alkyl halides is 2. The molecule has 7 nitrogen and oxygen atoms in total. The summed E-state index contributed by atoms with van der Waals surface area (Å²) >= 11 is 0. The largest absolute Gasteiger partial charge is 0.481 e. The molecule has 2 heterocycles. The number of urea groups is 1. The van der Waals surface area contributed by atoms with Crippen molar-refractivity contribution in [2.45, 2.75) is 56.9 Å². The van der Waals surface area contributed by atoms with Gasteiger partial charge in [0.15, 0.2) is 0 Å². The Hall–Kier alpha value is -3.56. The number of nitrogens with zero attached hydrogens (tertiary/aromatic N) is 3. The Balaban J connectivity index is 1.31. The molecule has 0 radical (unpaired) electrons. The van der Waals surface area contributed by atoms with E-state index in [0.717, 1.165) is 5.56 Å². The molecule has 1 saturated carbocycles. The third kappa shape index (κ3) is 4.96. The number of hydrogen-bond donors (Lipinski definition) is 1. The average Bonchev–Trinajstić information content (AvgIpc) is 3.47. The molecule has 1 unspecified atom stereocenters. The first-order valence-corrected chi connectivity index (χ1v) is 12.9.